The van der Waals surface area contributed by atoms with E-state index in [9.17, 15) is 4.79 Å². The quantitative estimate of drug-likeness (QED) is 0.834. The molecule has 1 aliphatic heterocycles. The van der Waals surface area contributed by atoms with Crippen LogP contribution in [0.2, 0.25) is 0 Å². The molecule has 0 spiro atoms. The van der Waals surface area contributed by atoms with E-state index in [0.717, 1.165) is 47.5 Å². The summed E-state index contributed by atoms with van der Waals surface area (Å²) in [5, 5.41) is 3.25. The maximum Gasteiger partial charge on any atom is 0.167 e. The third-order valence-electron chi connectivity index (χ3n) is 3.95. The minimum absolute atomic E-state index is 0.134. The highest BCUT2D eigenvalue weighted by Crippen LogP contribution is 2.30. The van der Waals surface area contributed by atoms with Crippen LogP contribution in [-0.4, -0.2) is 26.0 Å². The summed E-state index contributed by atoms with van der Waals surface area (Å²) in [5.74, 6) is 1.28. The van der Waals surface area contributed by atoms with Crippen molar-refractivity contribution in [1.29, 1.82) is 0 Å². The Morgan fingerprint density at radius 2 is 2.06 bits per heavy atom. The maximum atomic E-state index is 12.6. The number of carbonyl (C=O) groups is 1. The number of carbonyl (C=O) groups excluding carboxylic acids is 1. The topological polar surface area (TPSA) is 38.3 Å². The summed E-state index contributed by atoms with van der Waals surface area (Å²) < 4.78 is 5.34. The van der Waals surface area contributed by atoms with Gasteiger partial charge >= 0.3 is 0 Å². The van der Waals surface area contributed by atoms with Gasteiger partial charge in [0.15, 0.2) is 5.78 Å². The summed E-state index contributed by atoms with van der Waals surface area (Å²) in [7, 11) is 1.67. The van der Waals surface area contributed by atoms with Gasteiger partial charge in [0.25, 0.3) is 0 Å². The number of rotatable bonds is 3. The molecule has 1 atom stereocenters. The number of methoxy groups -OCH3 is 1. The van der Waals surface area contributed by atoms with Crippen molar-refractivity contribution in [3.05, 3.63) is 28.3 Å². The van der Waals surface area contributed by atoms with Crippen molar-refractivity contribution in [2.24, 2.45) is 5.92 Å². The van der Waals surface area contributed by atoms with Gasteiger partial charge in [-0.3, -0.25) is 4.79 Å². The third-order valence-corrected chi connectivity index (χ3v) is 3.95. The van der Waals surface area contributed by atoms with Crippen LogP contribution in [0.4, 0.5) is 0 Å². The second kappa shape index (κ2) is 5.11. The lowest BCUT2D eigenvalue weighted by Gasteiger charge is -2.17. The first-order valence-corrected chi connectivity index (χ1v) is 6.46. The van der Waals surface area contributed by atoms with E-state index >= 15 is 0 Å². The highest BCUT2D eigenvalue weighted by atomic mass is 16.5. The Bertz CT molecular complexity index is 474. The predicted octanol–water partition coefficient (Wildman–Crippen LogP) is 2.41. The molecule has 0 saturated carbocycles. The van der Waals surface area contributed by atoms with Crippen LogP contribution in [0.25, 0.3) is 0 Å². The van der Waals surface area contributed by atoms with Crippen molar-refractivity contribution in [2.45, 2.75) is 27.2 Å². The molecule has 0 bridgehead atoms. The molecule has 1 fully saturated rings. The highest BCUT2D eigenvalue weighted by molar-refractivity contribution is 6.01. The normalized spacial score (nSPS) is 19.0. The zero-order chi connectivity index (χ0) is 13.3. The predicted molar refractivity (Wildman–Crippen MR) is 72.5 cm³/mol. The molecule has 0 radical (unpaired) electrons. The van der Waals surface area contributed by atoms with Gasteiger partial charge in [-0.2, -0.15) is 0 Å². The number of hydrogen-bond acceptors (Lipinski definition) is 3. The Hall–Kier alpha value is -1.35. The molecule has 3 heteroatoms. The first-order valence-electron chi connectivity index (χ1n) is 6.46. The van der Waals surface area contributed by atoms with Gasteiger partial charge in [-0.05, 0) is 56.5 Å². The van der Waals surface area contributed by atoms with E-state index in [4.69, 9.17) is 4.74 Å². The van der Waals surface area contributed by atoms with Crippen LogP contribution in [0.5, 0.6) is 5.75 Å². The van der Waals surface area contributed by atoms with Crippen molar-refractivity contribution in [3.8, 4) is 5.75 Å². The lowest BCUT2D eigenvalue weighted by molar-refractivity contribution is 0.0929. The van der Waals surface area contributed by atoms with Crippen LogP contribution in [0, 0.1) is 26.7 Å². The summed E-state index contributed by atoms with van der Waals surface area (Å²) in [5.41, 5.74) is 4.04. The zero-order valence-corrected chi connectivity index (χ0v) is 11.6. The number of benzene rings is 1. The Morgan fingerprint density at radius 1 is 1.33 bits per heavy atom. The molecule has 1 N–H and O–H groups in total. The fourth-order valence-electron chi connectivity index (χ4n) is 2.72. The van der Waals surface area contributed by atoms with E-state index in [2.05, 4.69) is 5.32 Å². The minimum Gasteiger partial charge on any atom is -0.496 e. The van der Waals surface area contributed by atoms with Crippen molar-refractivity contribution in [1.82, 2.24) is 5.32 Å². The fraction of sp³-hybridized carbons (Fsp3) is 0.533. The van der Waals surface area contributed by atoms with Crippen molar-refractivity contribution >= 4 is 5.78 Å². The van der Waals surface area contributed by atoms with E-state index < -0.39 is 0 Å². The first-order chi connectivity index (χ1) is 8.56. The zero-order valence-electron chi connectivity index (χ0n) is 11.6. The summed E-state index contributed by atoms with van der Waals surface area (Å²) in [6, 6.07) is 1.97. The van der Waals surface area contributed by atoms with Gasteiger partial charge in [-0.1, -0.05) is 0 Å². The van der Waals surface area contributed by atoms with Gasteiger partial charge in [0.1, 0.15) is 5.75 Å². The molecule has 1 aromatic rings. The second-order valence-corrected chi connectivity index (χ2v) is 5.07. The number of ether oxygens (including phenoxy) is 1. The molecule has 1 heterocycles. The molecule has 1 saturated heterocycles. The van der Waals surface area contributed by atoms with Crippen LogP contribution in [0.1, 0.15) is 33.5 Å². The Kier molecular flexibility index (Phi) is 3.71. The van der Waals surface area contributed by atoms with Gasteiger partial charge in [0.2, 0.25) is 0 Å². The Balaban J connectivity index is 2.44. The van der Waals surface area contributed by atoms with E-state index in [1.807, 2.05) is 26.8 Å². The van der Waals surface area contributed by atoms with Gasteiger partial charge in [-0.25, -0.2) is 0 Å². The molecule has 2 rings (SSSR count). The molecule has 18 heavy (non-hydrogen) atoms. The summed E-state index contributed by atoms with van der Waals surface area (Å²) in [4.78, 5) is 12.6. The van der Waals surface area contributed by atoms with Crippen molar-refractivity contribution < 1.29 is 9.53 Å². The van der Waals surface area contributed by atoms with Crippen molar-refractivity contribution in [2.75, 3.05) is 20.2 Å². The van der Waals surface area contributed by atoms with Gasteiger partial charge in [0, 0.05) is 18.0 Å². The average molecular weight is 247 g/mol. The molecule has 0 aliphatic carbocycles. The SMILES string of the molecule is COc1cc(C)c(C(=O)C2CCNC2)c(C)c1C. The summed E-state index contributed by atoms with van der Waals surface area (Å²) in [6.45, 7) is 7.77. The number of aryl methyl sites for hydroxylation is 1. The summed E-state index contributed by atoms with van der Waals surface area (Å²) in [6.07, 6.45) is 0.947. The molecular formula is C15H21NO2. The van der Waals surface area contributed by atoms with Crippen LogP contribution in [0.15, 0.2) is 6.07 Å². The maximum absolute atomic E-state index is 12.6. The first kappa shape index (κ1) is 13.1. The molecule has 0 amide bonds. The van der Waals surface area contributed by atoms with E-state index in [1.54, 1.807) is 7.11 Å². The molecule has 1 unspecified atom stereocenters. The molecule has 0 aromatic heterocycles. The number of hydrogen-bond donors (Lipinski definition) is 1. The lowest BCUT2D eigenvalue weighted by atomic mass is 9.88. The van der Waals surface area contributed by atoms with Crippen LogP contribution in [-0.2, 0) is 0 Å². The van der Waals surface area contributed by atoms with Crippen LogP contribution >= 0.6 is 0 Å². The Morgan fingerprint density at radius 3 is 2.61 bits per heavy atom. The van der Waals surface area contributed by atoms with E-state index in [-0.39, 0.29) is 11.7 Å². The van der Waals surface area contributed by atoms with Crippen LogP contribution < -0.4 is 10.1 Å². The third kappa shape index (κ3) is 2.15. The molecule has 98 valence electrons. The van der Waals surface area contributed by atoms with E-state index in [0.29, 0.717) is 0 Å². The number of nitrogens with one attached hydrogen (secondary N) is 1. The van der Waals surface area contributed by atoms with Gasteiger partial charge in [-0.15, -0.1) is 0 Å². The largest absolute Gasteiger partial charge is 0.496 e. The van der Waals surface area contributed by atoms with Gasteiger partial charge in [0.05, 0.1) is 7.11 Å². The molecular weight excluding hydrogens is 226 g/mol. The number of Topliss-reactive ketones (excluding diaryl/α,β-unsaturated/α-hetero) is 1. The fourth-order valence-corrected chi connectivity index (χ4v) is 2.72. The van der Waals surface area contributed by atoms with E-state index in [1.165, 1.54) is 0 Å². The Labute approximate surface area is 109 Å². The lowest BCUT2D eigenvalue weighted by Crippen LogP contribution is -2.20. The summed E-state index contributed by atoms with van der Waals surface area (Å²) >= 11 is 0. The molecule has 1 aromatic carbocycles. The number of ketones is 1. The highest BCUT2D eigenvalue weighted by Gasteiger charge is 2.27. The second-order valence-electron chi connectivity index (χ2n) is 5.07. The standard InChI is InChI=1S/C15H21NO2/c1-9-7-13(18-4)10(2)11(3)14(9)15(17)12-5-6-16-8-12/h7,12,16H,5-6,8H2,1-4H3. The molecule has 3 nitrogen and oxygen atoms in total. The van der Waals surface area contributed by atoms with Crippen LogP contribution in [0.3, 0.4) is 0 Å². The smallest absolute Gasteiger partial charge is 0.167 e. The van der Waals surface area contributed by atoms with Gasteiger partial charge < -0.3 is 10.1 Å². The monoisotopic (exact) mass is 247 g/mol. The average Bonchev–Trinajstić information content (AvgIpc) is 2.87. The van der Waals surface area contributed by atoms with Crippen molar-refractivity contribution in [3.63, 3.8) is 0 Å². The molecule has 1 aliphatic rings. The minimum atomic E-state index is 0.134.